The van der Waals surface area contributed by atoms with Crippen molar-refractivity contribution in [3.05, 3.63) is 35.4 Å². The maximum absolute atomic E-state index is 3.81. The van der Waals surface area contributed by atoms with Crippen molar-refractivity contribution in [1.82, 2.24) is 5.32 Å². The van der Waals surface area contributed by atoms with Crippen LogP contribution in [0.5, 0.6) is 0 Å². The van der Waals surface area contributed by atoms with Crippen LogP contribution in [-0.2, 0) is 6.42 Å². The van der Waals surface area contributed by atoms with Gasteiger partial charge in [0.2, 0.25) is 0 Å². The monoisotopic (exact) mass is 217 g/mol. The van der Waals surface area contributed by atoms with E-state index in [1.807, 2.05) is 0 Å². The first kappa shape index (κ1) is 11.7. The summed E-state index contributed by atoms with van der Waals surface area (Å²) in [5.41, 5.74) is 3.10. The highest BCUT2D eigenvalue weighted by atomic mass is 14.9. The molecule has 0 saturated heterocycles. The lowest BCUT2D eigenvalue weighted by Crippen LogP contribution is -2.33. The number of hydrogen-bond acceptors (Lipinski definition) is 1. The van der Waals surface area contributed by atoms with Gasteiger partial charge in [-0.2, -0.15) is 0 Å². The van der Waals surface area contributed by atoms with Crippen molar-refractivity contribution in [3.8, 4) is 0 Å². The quantitative estimate of drug-likeness (QED) is 0.808. The number of rotatable bonds is 4. The molecule has 16 heavy (non-hydrogen) atoms. The molecule has 1 aromatic rings. The van der Waals surface area contributed by atoms with Gasteiger partial charge < -0.3 is 5.32 Å². The molecule has 0 saturated carbocycles. The normalized spacial score (nSPS) is 19.8. The lowest BCUT2D eigenvalue weighted by atomic mass is 9.87. The van der Waals surface area contributed by atoms with Crippen molar-refractivity contribution in [2.24, 2.45) is 0 Å². The third-order valence-corrected chi connectivity index (χ3v) is 3.79. The predicted molar refractivity (Wildman–Crippen MR) is 69.6 cm³/mol. The van der Waals surface area contributed by atoms with Gasteiger partial charge in [-0.25, -0.2) is 0 Å². The van der Waals surface area contributed by atoms with E-state index in [9.17, 15) is 0 Å². The fourth-order valence-electron chi connectivity index (χ4n) is 2.74. The van der Waals surface area contributed by atoms with Gasteiger partial charge in [-0.05, 0) is 43.2 Å². The van der Waals surface area contributed by atoms with Gasteiger partial charge in [0.15, 0.2) is 0 Å². The first-order valence-corrected chi connectivity index (χ1v) is 6.69. The van der Waals surface area contributed by atoms with Crippen molar-refractivity contribution in [3.63, 3.8) is 0 Å². The van der Waals surface area contributed by atoms with Crippen LogP contribution in [0.3, 0.4) is 0 Å². The van der Waals surface area contributed by atoms with Crippen LogP contribution in [-0.4, -0.2) is 6.04 Å². The van der Waals surface area contributed by atoms with Crippen LogP contribution in [0.1, 0.15) is 56.7 Å². The molecule has 0 radical (unpaired) electrons. The molecule has 0 bridgehead atoms. The van der Waals surface area contributed by atoms with Crippen LogP contribution in [0.25, 0.3) is 0 Å². The van der Waals surface area contributed by atoms with E-state index in [2.05, 4.69) is 43.4 Å². The predicted octanol–water partition coefficient (Wildman–Crippen LogP) is 3.84. The Balaban J connectivity index is 2.12. The molecular weight excluding hydrogens is 194 g/mol. The number of benzene rings is 1. The lowest BCUT2D eigenvalue weighted by molar-refractivity contribution is 0.379. The van der Waals surface area contributed by atoms with E-state index < -0.39 is 0 Å². The van der Waals surface area contributed by atoms with Crippen molar-refractivity contribution in [1.29, 1.82) is 0 Å². The topological polar surface area (TPSA) is 12.0 Å². The SMILES string of the molecule is CCC(CC)NC1CCCc2ccccc21. The standard InChI is InChI=1S/C15H23N/c1-3-13(4-2)16-15-11-7-9-12-8-5-6-10-14(12)15/h5-6,8,10,13,15-16H,3-4,7,9,11H2,1-2H3. The van der Waals surface area contributed by atoms with Gasteiger partial charge in [0, 0.05) is 12.1 Å². The zero-order valence-electron chi connectivity index (χ0n) is 10.5. The summed E-state index contributed by atoms with van der Waals surface area (Å²) in [7, 11) is 0. The highest BCUT2D eigenvalue weighted by Crippen LogP contribution is 2.30. The first-order valence-electron chi connectivity index (χ1n) is 6.69. The highest BCUT2D eigenvalue weighted by molar-refractivity contribution is 5.32. The highest BCUT2D eigenvalue weighted by Gasteiger charge is 2.20. The molecule has 0 fully saturated rings. The zero-order valence-corrected chi connectivity index (χ0v) is 10.5. The van der Waals surface area contributed by atoms with Crippen LogP contribution >= 0.6 is 0 Å². The Bertz CT molecular complexity index is 328. The van der Waals surface area contributed by atoms with Gasteiger partial charge in [0.1, 0.15) is 0 Å². The van der Waals surface area contributed by atoms with E-state index in [-0.39, 0.29) is 0 Å². The molecule has 1 unspecified atom stereocenters. The molecule has 0 aromatic heterocycles. The second kappa shape index (κ2) is 5.49. The Morgan fingerprint density at radius 2 is 2.00 bits per heavy atom. The van der Waals surface area contributed by atoms with Crippen molar-refractivity contribution < 1.29 is 0 Å². The summed E-state index contributed by atoms with van der Waals surface area (Å²) in [6.45, 7) is 4.55. The van der Waals surface area contributed by atoms with E-state index >= 15 is 0 Å². The van der Waals surface area contributed by atoms with Gasteiger partial charge in [-0.3, -0.25) is 0 Å². The third kappa shape index (κ3) is 2.46. The number of hydrogen-bond donors (Lipinski definition) is 1. The smallest absolute Gasteiger partial charge is 0.0325 e. The summed E-state index contributed by atoms with van der Waals surface area (Å²) in [6.07, 6.45) is 6.35. The zero-order chi connectivity index (χ0) is 11.4. The lowest BCUT2D eigenvalue weighted by Gasteiger charge is -2.30. The Kier molecular flexibility index (Phi) is 4.00. The van der Waals surface area contributed by atoms with Crippen LogP contribution < -0.4 is 5.32 Å². The average Bonchev–Trinajstić information content (AvgIpc) is 2.36. The van der Waals surface area contributed by atoms with Gasteiger partial charge in [0.05, 0.1) is 0 Å². The fraction of sp³-hybridized carbons (Fsp3) is 0.600. The second-order valence-electron chi connectivity index (χ2n) is 4.82. The molecule has 1 nitrogen and oxygen atoms in total. The summed E-state index contributed by atoms with van der Waals surface area (Å²) in [4.78, 5) is 0. The van der Waals surface area contributed by atoms with Crippen molar-refractivity contribution in [2.75, 3.05) is 0 Å². The van der Waals surface area contributed by atoms with Crippen LogP contribution in [0.2, 0.25) is 0 Å². The molecule has 1 heteroatoms. The molecule has 0 spiro atoms. The molecule has 1 N–H and O–H groups in total. The van der Waals surface area contributed by atoms with E-state index in [1.165, 1.54) is 32.1 Å². The summed E-state index contributed by atoms with van der Waals surface area (Å²) in [5.74, 6) is 0. The maximum Gasteiger partial charge on any atom is 0.0325 e. The molecule has 88 valence electrons. The van der Waals surface area contributed by atoms with Crippen LogP contribution in [0, 0.1) is 0 Å². The minimum Gasteiger partial charge on any atom is -0.307 e. The second-order valence-corrected chi connectivity index (χ2v) is 4.82. The number of fused-ring (bicyclic) bond motifs is 1. The molecule has 0 aliphatic heterocycles. The molecule has 1 atom stereocenters. The number of aryl methyl sites for hydroxylation is 1. The van der Waals surface area contributed by atoms with Crippen LogP contribution in [0.4, 0.5) is 0 Å². The summed E-state index contributed by atoms with van der Waals surface area (Å²) in [5, 5.41) is 3.81. The Hall–Kier alpha value is -0.820. The molecule has 2 rings (SSSR count). The Morgan fingerprint density at radius 1 is 1.25 bits per heavy atom. The van der Waals surface area contributed by atoms with E-state index in [0.717, 1.165) is 0 Å². The Morgan fingerprint density at radius 3 is 2.75 bits per heavy atom. The van der Waals surface area contributed by atoms with Gasteiger partial charge in [0.25, 0.3) is 0 Å². The van der Waals surface area contributed by atoms with Gasteiger partial charge in [-0.15, -0.1) is 0 Å². The molecule has 1 aliphatic carbocycles. The van der Waals surface area contributed by atoms with E-state index in [0.29, 0.717) is 12.1 Å². The average molecular weight is 217 g/mol. The van der Waals surface area contributed by atoms with Crippen molar-refractivity contribution >= 4 is 0 Å². The summed E-state index contributed by atoms with van der Waals surface area (Å²) < 4.78 is 0. The molecule has 1 aromatic carbocycles. The number of nitrogens with one attached hydrogen (secondary N) is 1. The summed E-state index contributed by atoms with van der Waals surface area (Å²) in [6, 6.07) is 10.2. The van der Waals surface area contributed by atoms with Crippen molar-refractivity contribution in [2.45, 2.75) is 58.0 Å². The van der Waals surface area contributed by atoms with Gasteiger partial charge in [-0.1, -0.05) is 38.1 Å². The van der Waals surface area contributed by atoms with Gasteiger partial charge >= 0.3 is 0 Å². The molecule has 1 aliphatic rings. The first-order chi connectivity index (χ1) is 7.85. The maximum atomic E-state index is 3.81. The largest absolute Gasteiger partial charge is 0.307 e. The fourth-order valence-corrected chi connectivity index (χ4v) is 2.74. The van der Waals surface area contributed by atoms with E-state index in [1.54, 1.807) is 11.1 Å². The molecule has 0 heterocycles. The molecular formula is C15H23N. The molecule has 0 amide bonds. The van der Waals surface area contributed by atoms with Crippen LogP contribution in [0.15, 0.2) is 24.3 Å². The van der Waals surface area contributed by atoms with E-state index in [4.69, 9.17) is 0 Å². The Labute approximate surface area is 99.3 Å². The minimum atomic E-state index is 0.592. The minimum absolute atomic E-state index is 0.592. The summed E-state index contributed by atoms with van der Waals surface area (Å²) >= 11 is 0. The third-order valence-electron chi connectivity index (χ3n) is 3.79.